The summed E-state index contributed by atoms with van der Waals surface area (Å²) in [6.45, 7) is 4.81. The number of nitrogens with two attached hydrogens (primary N) is 1. The van der Waals surface area contributed by atoms with E-state index < -0.39 is 0 Å². The third-order valence-corrected chi connectivity index (χ3v) is 3.27. The molecule has 1 atom stereocenters. The average molecular weight is 234 g/mol. The summed E-state index contributed by atoms with van der Waals surface area (Å²) < 4.78 is 0. The molecule has 0 amide bonds. The van der Waals surface area contributed by atoms with Crippen LogP contribution in [0.4, 0.5) is 0 Å². The Morgan fingerprint density at radius 1 is 1.47 bits per heavy atom. The van der Waals surface area contributed by atoms with Crippen LogP contribution in [0.2, 0.25) is 0 Å². The van der Waals surface area contributed by atoms with E-state index in [-0.39, 0.29) is 5.78 Å². The van der Waals surface area contributed by atoms with Gasteiger partial charge in [0, 0.05) is 24.4 Å². The molecule has 1 heterocycles. The Bertz CT molecular complexity index is 363. The summed E-state index contributed by atoms with van der Waals surface area (Å²) in [5, 5.41) is 0. The van der Waals surface area contributed by atoms with Gasteiger partial charge < -0.3 is 5.73 Å². The molecule has 0 fully saturated rings. The van der Waals surface area contributed by atoms with E-state index >= 15 is 0 Å². The fourth-order valence-corrected chi connectivity index (χ4v) is 2.01. The van der Waals surface area contributed by atoms with E-state index in [2.05, 4.69) is 11.9 Å². The van der Waals surface area contributed by atoms with Crippen LogP contribution in [0, 0.1) is 12.8 Å². The first-order valence-corrected chi connectivity index (χ1v) is 6.32. The molecule has 0 spiro atoms. The number of carbonyl (C=O) groups is 1. The highest BCUT2D eigenvalue weighted by Gasteiger charge is 2.12. The van der Waals surface area contributed by atoms with Crippen molar-refractivity contribution in [1.29, 1.82) is 0 Å². The van der Waals surface area contributed by atoms with E-state index in [1.54, 1.807) is 12.4 Å². The number of nitrogens with zero attached hydrogens (tertiary/aromatic N) is 1. The Morgan fingerprint density at radius 3 is 2.82 bits per heavy atom. The minimum absolute atomic E-state index is 0.200. The minimum Gasteiger partial charge on any atom is -0.330 e. The van der Waals surface area contributed by atoms with Gasteiger partial charge in [-0.25, -0.2) is 0 Å². The number of Topliss-reactive ketones (excluding diaryl/α,β-unsaturated/α-hetero) is 1. The largest absolute Gasteiger partial charge is 0.330 e. The lowest BCUT2D eigenvalue weighted by molar-refractivity contribution is 0.0971. The molecule has 17 heavy (non-hydrogen) atoms. The highest BCUT2D eigenvalue weighted by atomic mass is 16.1. The summed E-state index contributed by atoms with van der Waals surface area (Å²) in [5.41, 5.74) is 7.32. The van der Waals surface area contributed by atoms with Crippen LogP contribution >= 0.6 is 0 Å². The van der Waals surface area contributed by atoms with Crippen LogP contribution in [0.25, 0.3) is 0 Å². The van der Waals surface area contributed by atoms with Crippen molar-refractivity contribution in [3.63, 3.8) is 0 Å². The average Bonchev–Trinajstić information content (AvgIpc) is 2.34. The van der Waals surface area contributed by atoms with Crippen molar-refractivity contribution in [1.82, 2.24) is 4.98 Å². The van der Waals surface area contributed by atoms with Crippen molar-refractivity contribution in [2.75, 3.05) is 6.54 Å². The van der Waals surface area contributed by atoms with Gasteiger partial charge in [0.2, 0.25) is 0 Å². The quantitative estimate of drug-likeness (QED) is 0.738. The number of aromatic nitrogens is 1. The van der Waals surface area contributed by atoms with Crippen molar-refractivity contribution in [3.8, 4) is 0 Å². The van der Waals surface area contributed by atoms with Gasteiger partial charge in [-0.3, -0.25) is 9.78 Å². The molecule has 3 heteroatoms. The molecule has 1 unspecified atom stereocenters. The van der Waals surface area contributed by atoms with Crippen LogP contribution < -0.4 is 5.73 Å². The molecule has 0 aliphatic heterocycles. The van der Waals surface area contributed by atoms with E-state index in [0.29, 0.717) is 18.9 Å². The van der Waals surface area contributed by atoms with Crippen molar-refractivity contribution in [3.05, 3.63) is 29.6 Å². The molecular weight excluding hydrogens is 212 g/mol. The van der Waals surface area contributed by atoms with Crippen LogP contribution in [-0.4, -0.2) is 17.3 Å². The van der Waals surface area contributed by atoms with Gasteiger partial charge in [-0.2, -0.15) is 0 Å². The van der Waals surface area contributed by atoms with Crippen LogP contribution in [-0.2, 0) is 0 Å². The summed E-state index contributed by atoms with van der Waals surface area (Å²) >= 11 is 0. The van der Waals surface area contributed by atoms with Crippen LogP contribution in [0.3, 0.4) is 0 Å². The zero-order valence-corrected chi connectivity index (χ0v) is 10.8. The Hall–Kier alpha value is -1.22. The van der Waals surface area contributed by atoms with E-state index in [0.717, 1.165) is 30.4 Å². The van der Waals surface area contributed by atoms with Crippen molar-refractivity contribution >= 4 is 5.78 Å². The number of hydrogen-bond acceptors (Lipinski definition) is 3. The second-order valence-electron chi connectivity index (χ2n) is 4.50. The number of ketones is 1. The molecule has 0 radical (unpaired) electrons. The molecule has 1 aromatic rings. The van der Waals surface area contributed by atoms with E-state index in [4.69, 9.17) is 5.73 Å². The Kier molecular flexibility index (Phi) is 5.84. The molecule has 0 aliphatic carbocycles. The minimum atomic E-state index is 0.200. The van der Waals surface area contributed by atoms with Gasteiger partial charge in [-0.05, 0) is 43.9 Å². The molecule has 0 bridgehead atoms. The molecule has 0 aliphatic rings. The zero-order valence-electron chi connectivity index (χ0n) is 10.8. The van der Waals surface area contributed by atoms with Gasteiger partial charge >= 0.3 is 0 Å². The molecule has 1 aromatic heterocycles. The lowest BCUT2D eigenvalue weighted by Crippen LogP contribution is -2.11. The van der Waals surface area contributed by atoms with Crippen LogP contribution in [0.15, 0.2) is 18.5 Å². The number of aryl methyl sites for hydroxylation is 1. The van der Waals surface area contributed by atoms with Gasteiger partial charge in [0.15, 0.2) is 5.78 Å². The van der Waals surface area contributed by atoms with Crippen molar-refractivity contribution in [2.24, 2.45) is 11.7 Å². The van der Waals surface area contributed by atoms with Gasteiger partial charge in [0.1, 0.15) is 0 Å². The topological polar surface area (TPSA) is 56.0 Å². The summed E-state index contributed by atoms with van der Waals surface area (Å²) in [7, 11) is 0. The Labute approximate surface area is 103 Å². The van der Waals surface area contributed by atoms with E-state index in [9.17, 15) is 4.79 Å². The first-order chi connectivity index (χ1) is 8.19. The van der Waals surface area contributed by atoms with Crippen molar-refractivity contribution < 1.29 is 4.79 Å². The second-order valence-corrected chi connectivity index (χ2v) is 4.50. The Balaban J connectivity index is 2.52. The predicted octanol–water partition coefficient (Wildman–Crippen LogP) is 2.73. The molecule has 3 nitrogen and oxygen atoms in total. The monoisotopic (exact) mass is 234 g/mol. The third kappa shape index (κ3) is 4.27. The predicted molar refractivity (Wildman–Crippen MR) is 70.0 cm³/mol. The molecule has 94 valence electrons. The fourth-order valence-electron chi connectivity index (χ4n) is 2.01. The molecule has 0 saturated heterocycles. The zero-order chi connectivity index (χ0) is 12.7. The lowest BCUT2D eigenvalue weighted by Gasteiger charge is -2.13. The molecule has 0 aromatic carbocycles. The van der Waals surface area contributed by atoms with Gasteiger partial charge in [-0.15, -0.1) is 0 Å². The standard InChI is InChI=1S/C14H22N2O/c1-3-12(6-8-15)4-5-14(17)13-10-16-9-7-11(13)2/h7,9-10,12H,3-6,8,15H2,1-2H3. The molecule has 2 N–H and O–H groups in total. The lowest BCUT2D eigenvalue weighted by atomic mass is 9.93. The van der Waals surface area contributed by atoms with Gasteiger partial charge in [-0.1, -0.05) is 13.3 Å². The Morgan fingerprint density at radius 2 is 2.24 bits per heavy atom. The van der Waals surface area contributed by atoms with Gasteiger partial charge in [0.25, 0.3) is 0 Å². The number of pyridine rings is 1. The van der Waals surface area contributed by atoms with Crippen LogP contribution in [0.5, 0.6) is 0 Å². The molecule has 1 rings (SSSR count). The van der Waals surface area contributed by atoms with Gasteiger partial charge in [0.05, 0.1) is 0 Å². The van der Waals surface area contributed by atoms with Crippen molar-refractivity contribution in [2.45, 2.75) is 39.5 Å². The third-order valence-electron chi connectivity index (χ3n) is 3.27. The smallest absolute Gasteiger partial charge is 0.164 e. The summed E-state index contributed by atoms with van der Waals surface area (Å²) in [6.07, 6.45) is 7.02. The number of rotatable bonds is 7. The molecular formula is C14H22N2O. The number of hydrogen-bond donors (Lipinski definition) is 1. The van der Waals surface area contributed by atoms with Crippen LogP contribution in [0.1, 0.15) is 48.5 Å². The summed E-state index contributed by atoms with van der Waals surface area (Å²) in [5.74, 6) is 0.770. The van der Waals surface area contributed by atoms with E-state index in [1.165, 1.54) is 0 Å². The summed E-state index contributed by atoms with van der Waals surface area (Å²) in [6, 6.07) is 1.88. The maximum Gasteiger partial charge on any atom is 0.164 e. The highest BCUT2D eigenvalue weighted by Crippen LogP contribution is 2.17. The normalized spacial score (nSPS) is 12.4. The maximum absolute atomic E-state index is 12.0. The second kappa shape index (κ2) is 7.17. The highest BCUT2D eigenvalue weighted by molar-refractivity contribution is 5.97. The first kappa shape index (κ1) is 13.8. The van der Waals surface area contributed by atoms with E-state index in [1.807, 2.05) is 13.0 Å². The number of carbonyl (C=O) groups excluding carboxylic acids is 1. The first-order valence-electron chi connectivity index (χ1n) is 6.32. The summed E-state index contributed by atoms with van der Waals surface area (Å²) in [4.78, 5) is 16.0. The fraction of sp³-hybridized carbons (Fsp3) is 0.571. The SMILES string of the molecule is CCC(CCN)CCC(=O)c1cnccc1C. The maximum atomic E-state index is 12.0. The molecule has 0 saturated carbocycles.